The van der Waals surface area contributed by atoms with Crippen LogP contribution in [-0.2, 0) is 17.9 Å². The summed E-state index contributed by atoms with van der Waals surface area (Å²) < 4.78 is 5.41. The van der Waals surface area contributed by atoms with E-state index >= 15 is 0 Å². The van der Waals surface area contributed by atoms with Gasteiger partial charge in [0.1, 0.15) is 5.76 Å². The highest BCUT2D eigenvalue weighted by Gasteiger charge is 2.16. The van der Waals surface area contributed by atoms with Crippen molar-refractivity contribution >= 4 is 29.3 Å². The highest BCUT2D eigenvalue weighted by atomic mass is 35.5. The van der Waals surface area contributed by atoms with E-state index in [1.807, 2.05) is 48.5 Å². The van der Waals surface area contributed by atoms with E-state index in [9.17, 15) is 4.79 Å². The fraction of sp³-hybridized carbons (Fsp3) is 0.200. The fourth-order valence-electron chi connectivity index (χ4n) is 2.48. The topological polar surface area (TPSA) is 46.3 Å². The van der Waals surface area contributed by atoms with E-state index in [0.29, 0.717) is 30.3 Å². The molecule has 3 rings (SSSR count). The first-order valence-electron chi connectivity index (χ1n) is 8.28. The van der Waals surface area contributed by atoms with Gasteiger partial charge in [-0.2, -0.15) is 0 Å². The third kappa shape index (κ3) is 5.64. The Labute approximate surface area is 162 Å². The smallest absolute Gasteiger partial charge is 0.224 e. The summed E-state index contributed by atoms with van der Waals surface area (Å²) >= 11 is 7.55. The predicted molar refractivity (Wildman–Crippen MR) is 104 cm³/mol. The summed E-state index contributed by atoms with van der Waals surface area (Å²) in [4.78, 5) is 19.8. The van der Waals surface area contributed by atoms with Gasteiger partial charge in [-0.3, -0.25) is 9.78 Å². The van der Waals surface area contributed by atoms with Crippen molar-refractivity contribution in [2.45, 2.75) is 24.4 Å². The molecule has 2 heterocycles. The predicted octanol–water partition coefficient (Wildman–Crippen LogP) is 5.04. The van der Waals surface area contributed by atoms with Crippen LogP contribution in [0.2, 0.25) is 5.02 Å². The summed E-state index contributed by atoms with van der Waals surface area (Å²) in [6, 6.07) is 15.2. The van der Waals surface area contributed by atoms with E-state index in [1.54, 1.807) is 35.3 Å². The van der Waals surface area contributed by atoms with Crippen molar-refractivity contribution in [1.29, 1.82) is 0 Å². The Balaban J connectivity index is 1.59. The van der Waals surface area contributed by atoms with E-state index in [-0.39, 0.29) is 5.91 Å². The summed E-state index contributed by atoms with van der Waals surface area (Å²) in [6.45, 7) is 0.964. The van der Waals surface area contributed by atoms with Gasteiger partial charge in [0.25, 0.3) is 0 Å². The molecule has 4 nitrogen and oxygen atoms in total. The maximum atomic E-state index is 12.7. The van der Waals surface area contributed by atoms with Crippen LogP contribution in [0, 0.1) is 0 Å². The van der Waals surface area contributed by atoms with Crippen LogP contribution in [0.1, 0.15) is 17.7 Å². The SMILES string of the molecule is O=C(CCSc1ccc(Cl)cc1)N(Cc1cccnc1)Cc1ccco1. The van der Waals surface area contributed by atoms with Crippen LogP contribution in [0.25, 0.3) is 0 Å². The second-order valence-electron chi connectivity index (χ2n) is 5.74. The van der Waals surface area contributed by atoms with E-state index in [1.165, 1.54) is 0 Å². The highest BCUT2D eigenvalue weighted by molar-refractivity contribution is 7.99. The molecule has 1 amide bonds. The van der Waals surface area contributed by atoms with E-state index in [0.717, 1.165) is 16.2 Å². The third-order valence-corrected chi connectivity index (χ3v) is 5.04. The van der Waals surface area contributed by atoms with Crippen LogP contribution in [-0.4, -0.2) is 21.5 Å². The summed E-state index contributed by atoms with van der Waals surface area (Å²) in [7, 11) is 0. The summed E-state index contributed by atoms with van der Waals surface area (Å²) in [5.41, 5.74) is 0.998. The van der Waals surface area contributed by atoms with Crippen LogP contribution in [0.3, 0.4) is 0 Å². The number of rotatable bonds is 8. The molecule has 134 valence electrons. The van der Waals surface area contributed by atoms with Crippen molar-refractivity contribution in [1.82, 2.24) is 9.88 Å². The van der Waals surface area contributed by atoms with Crippen LogP contribution in [0.15, 0.2) is 76.5 Å². The van der Waals surface area contributed by atoms with Gasteiger partial charge < -0.3 is 9.32 Å². The van der Waals surface area contributed by atoms with Crippen molar-refractivity contribution in [2.75, 3.05) is 5.75 Å². The normalized spacial score (nSPS) is 10.7. The maximum Gasteiger partial charge on any atom is 0.224 e. The van der Waals surface area contributed by atoms with Gasteiger partial charge in [-0.15, -0.1) is 11.8 Å². The van der Waals surface area contributed by atoms with Gasteiger partial charge >= 0.3 is 0 Å². The molecular formula is C20H19ClN2O2S. The lowest BCUT2D eigenvalue weighted by molar-refractivity contribution is -0.132. The first kappa shape index (κ1) is 18.5. The van der Waals surface area contributed by atoms with Crippen LogP contribution >= 0.6 is 23.4 Å². The molecule has 0 atom stereocenters. The number of thioether (sulfide) groups is 1. The van der Waals surface area contributed by atoms with Gasteiger partial charge in [0.05, 0.1) is 12.8 Å². The summed E-state index contributed by atoms with van der Waals surface area (Å²) in [5, 5.41) is 0.714. The van der Waals surface area contributed by atoms with E-state index in [4.69, 9.17) is 16.0 Å². The molecule has 1 aromatic carbocycles. The Bertz CT molecular complexity index is 808. The molecule has 0 saturated carbocycles. The Morgan fingerprint density at radius 2 is 1.96 bits per heavy atom. The fourth-order valence-corrected chi connectivity index (χ4v) is 3.45. The second kappa shape index (κ2) is 9.46. The molecule has 0 radical (unpaired) electrons. The van der Waals surface area contributed by atoms with Crippen LogP contribution in [0.5, 0.6) is 0 Å². The monoisotopic (exact) mass is 386 g/mol. The highest BCUT2D eigenvalue weighted by Crippen LogP contribution is 2.21. The van der Waals surface area contributed by atoms with Crippen LogP contribution in [0.4, 0.5) is 0 Å². The molecule has 6 heteroatoms. The number of furan rings is 1. The van der Waals surface area contributed by atoms with Gasteiger partial charge in [-0.25, -0.2) is 0 Å². The molecule has 0 aliphatic rings. The zero-order valence-corrected chi connectivity index (χ0v) is 15.7. The number of carbonyl (C=O) groups is 1. The molecule has 2 aromatic heterocycles. The van der Waals surface area contributed by atoms with Gasteiger partial charge in [0, 0.05) is 41.0 Å². The number of carbonyl (C=O) groups excluding carboxylic acids is 1. The van der Waals surface area contributed by atoms with Crippen molar-refractivity contribution in [3.05, 3.63) is 83.5 Å². The number of aromatic nitrogens is 1. The number of amides is 1. The molecule has 0 N–H and O–H groups in total. The largest absolute Gasteiger partial charge is 0.467 e. The maximum absolute atomic E-state index is 12.7. The molecule has 0 spiro atoms. The van der Waals surface area contributed by atoms with Crippen LogP contribution < -0.4 is 0 Å². The Kier molecular flexibility index (Phi) is 6.75. The minimum atomic E-state index is 0.0896. The number of nitrogens with zero attached hydrogens (tertiary/aromatic N) is 2. The van der Waals surface area contributed by atoms with Gasteiger partial charge in [-0.05, 0) is 48.0 Å². The molecular weight excluding hydrogens is 368 g/mol. The molecule has 0 aliphatic carbocycles. The molecule has 0 unspecified atom stereocenters. The molecule has 0 saturated heterocycles. The van der Waals surface area contributed by atoms with Crippen molar-refractivity contribution in [3.63, 3.8) is 0 Å². The Morgan fingerprint density at radius 1 is 1.12 bits per heavy atom. The van der Waals surface area contributed by atoms with E-state index in [2.05, 4.69) is 4.98 Å². The molecule has 26 heavy (non-hydrogen) atoms. The molecule has 0 bridgehead atoms. The van der Waals surface area contributed by atoms with Crippen molar-refractivity contribution in [2.24, 2.45) is 0 Å². The van der Waals surface area contributed by atoms with Crippen molar-refractivity contribution in [3.8, 4) is 0 Å². The average molecular weight is 387 g/mol. The van der Waals surface area contributed by atoms with Gasteiger partial charge in [0.2, 0.25) is 5.91 Å². The third-order valence-electron chi connectivity index (χ3n) is 3.77. The lowest BCUT2D eigenvalue weighted by Crippen LogP contribution is -2.30. The number of hydrogen-bond acceptors (Lipinski definition) is 4. The first-order valence-corrected chi connectivity index (χ1v) is 9.64. The minimum Gasteiger partial charge on any atom is -0.467 e. The Morgan fingerprint density at radius 3 is 2.65 bits per heavy atom. The van der Waals surface area contributed by atoms with Gasteiger partial charge in [-0.1, -0.05) is 17.7 Å². The molecule has 3 aromatic rings. The standard InChI is InChI=1S/C20H19ClN2O2S/c21-17-5-7-19(8-6-17)26-12-9-20(24)23(15-18-4-2-11-25-18)14-16-3-1-10-22-13-16/h1-8,10-11,13H,9,12,14-15H2. The van der Waals surface area contributed by atoms with E-state index < -0.39 is 0 Å². The quantitative estimate of drug-likeness (QED) is 0.509. The number of benzene rings is 1. The zero-order valence-electron chi connectivity index (χ0n) is 14.2. The summed E-state index contributed by atoms with van der Waals surface area (Å²) in [6.07, 6.45) is 5.59. The number of pyridine rings is 1. The number of halogens is 1. The first-order chi connectivity index (χ1) is 12.7. The lowest BCUT2D eigenvalue weighted by Gasteiger charge is -2.21. The zero-order chi connectivity index (χ0) is 18.2. The second-order valence-corrected chi connectivity index (χ2v) is 7.35. The lowest BCUT2D eigenvalue weighted by atomic mass is 10.2. The molecule has 0 fully saturated rings. The molecule has 0 aliphatic heterocycles. The summed E-state index contributed by atoms with van der Waals surface area (Å²) in [5.74, 6) is 1.57. The average Bonchev–Trinajstić information content (AvgIpc) is 3.17. The Hall–Kier alpha value is -2.24. The minimum absolute atomic E-state index is 0.0896. The number of hydrogen-bond donors (Lipinski definition) is 0. The van der Waals surface area contributed by atoms with Gasteiger partial charge in [0.15, 0.2) is 0 Å². The van der Waals surface area contributed by atoms with Crippen molar-refractivity contribution < 1.29 is 9.21 Å².